The molecule has 0 saturated carbocycles. The third kappa shape index (κ3) is 5.94. The minimum atomic E-state index is -0.636. The van der Waals surface area contributed by atoms with Crippen LogP contribution < -0.4 is 5.32 Å². The lowest BCUT2D eigenvalue weighted by molar-refractivity contribution is -0.140. The molecule has 0 fully saturated rings. The molecule has 2 amide bonds. The van der Waals surface area contributed by atoms with E-state index in [1.807, 2.05) is 13.8 Å². The number of rotatable bonds is 8. The monoisotopic (exact) mass is 424 g/mol. The predicted molar refractivity (Wildman–Crippen MR) is 110 cm³/mol. The Morgan fingerprint density at radius 3 is 2.36 bits per heavy atom. The smallest absolute Gasteiger partial charge is 0.242 e. The Bertz CT molecular complexity index is 828. The molecule has 0 aliphatic carbocycles. The van der Waals surface area contributed by atoms with Crippen molar-refractivity contribution >= 4 is 35.0 Å². The third-order valence-corrected chi connectivity index (χ3v) is 4.95. The summed E-state index contributed by atoms with van der Waals surface area (Å²) in [5.41, 5.74) is 1.37. The fourth-order valence-corrected chi connectivity index (χ4v) is 3.40. The van der Waals surface area contributed by atoms with Gasteiger partial charge in [-0.3, -0.25) is 9.59 Å². The summed E-state index contributed by atoms with van der Waals surface area (Å²) in [5, 5.41) is 3.65. The molecule has 28 heavy (non-hydrogen) atoms. The summed E-state index contributed by atoms with van der Waals surface area (Å²) < 4.78 is 13.2. The van der Waals surface area contributed by atoms with E-state index in [4.69, 9.17) is 23.2 Å². The van der Waals surface area contributed by atoms with Crippen molar-refractivity contribution in [1.29, 1.82) is 0 Å². The Morgan fingerprint density at radius 1 is 1.11 bits per heavy atom. The molecular formula is C21H23Cl2FN2O2. The van der Waals surface area contributed by atoms with Crippen molar-refractivity contribution in [3.05, 3.63) is 69.5 Å². The van der Waals surface area contributed by atoms with Gasteiger partial charge in [-0.25, -0.2) is 4.39 Å². The molecule has 0 radical (unpaired) electrons. The van der Waals surface area contributed by atoms with Crippen LogP contribution in [0.4, 0.5) is 4.39 Å². The topological polar surface area (TPSA) is 49.4 Å². The zero-order chi connectivity index (χ0) is 20.7. The number of carbonyl (C=O) groups excluding carboxylic acids is 2. The number of hydrogen-bond acceptors (Lipinski definition) is 2. The molecular weight excluding hydrogens is 402 g/mol. The number of amides is 2. The minimum Gasteiger partial charge on any atom is -0.355 e. The first-order chi connectivity index (χ1) is 13.3. The highest BCUT2D eigenvalue weighted by Crippen LogP contribution is 2.23. The van der Waals surface area contributed by atoms with Gasteiger partial charge in [0.05, 0.1) is 6.42 Å². The van der Waals surface area contributed by atoms with E-state index in [2.05, 4.69) is 5.32 Å². The van der Waals surface area contributed by atoms with Gasteiger partial charge < -0.3 is 10.2 Å². The first kappa shape index (κ1) is 22.2. The molecule has 1 atom stereocenters. The molecule has 0 bridgehead atoms. The summed E-state index contributed by atoms with van der Waals surface area (Å²) in [7, 11) is 0. The largest absolute Gasteiger partial charge is 0.355 e. The highest BCUT2D eigenvalue weighted by Gasteiger charge is 2.28. The molecule has 0 saturated heterocycles. The maximum atomic E-state index is 13.2. The number of hydrogen-bond donors (Lipinski definition) is 1. The second-order valence-electron chi connectivity index (χ2n) is 6.38. The lowest BCUT2D eigenvalue weighted by atomic mass is 10.1. The second kappa shape index (κ2) is 10.4. The van der Waals surface area contributed by atoms with Crippen LogP contribution in [0.3, 0.4) is 0 Å². The number of benzene rings is 2. The molecule has 7 heteroatoms. The molecule has 0 aliphatic rings. The van der Waals surface area contributed by atoms with E-state index in [0.717, 1.165) is 5.56 Å². The van der Waals surface area contributed by atoms with E-state index in [0.29, 0.717) is 28.6 Å². The van der Waals surface area contributed by atoms with Gasteiger partial charge in [0.1, 0.15) is 11.9 Å². The fraction of sp³-hybridized carbons (Fsp3) is 0.333. The number of carbonyl (C=O) groups is 2. The summed E-state index contributed by atoms with van der Waals surface area (Å²) >= 11 is 12.1. The summed E-state index contributed by atoms with van der Waals surface area (Å²) in [6, 6.07) is 10.2. The van der Waals surface area contributed by atoms with Crippen LogP contribution in [0.15, 0.2) is 42.5 Å². The third-order valence-electron chi connectivity index (χ3n) is 4.36. The lowest BCUT2D eigenvalue weighted by Gasteiger charge is -2.30. The van der Waals surface area contributed by atoms with Crippen LogP contribution in [0, 0.1) is 5.82 Å². The Morgan fingerprint density at radius 2 is 1.79 bits per heavy atom. The highest BCUT2D eigenvalue weighted by atomic mass is 35.5. The zero-order valence-corrected chi connectivity index (χ0v) is 17.4. The Kier molecular flexibility index (Phi) is 8.27. The standard InChI is InChI=1S/C21H23Cl2FN2O2/c1-3-19(21(28)25-4-2)26(13-14-5-9-17(24)10-6-14)20(27)11-15-7-8-16(22)12-18(15)23/h5-10,12,19H,3-4,11,13H2,1-2H3,(H,25,28)/t19-/m1/s1. The molecule has 1 N–H and O–H groups in total. The van der Waals surface area contributed by atoms with Crippen molar-refractivity contribution in [3.8, 4) is 0 Å². The molecule has 0 spiro atoms. The fourth-order valence-electron chi connectivity index (χ4n) is 2.93. The van der Waals surface area contributed by atoms with E-state index in [1.54, 1.807) is 30.3 Å². The number of likely N-dealkylation sites (N-methyl/N-ethyl adjacent to an activating group) is 1. The zero-order valence-electron chi connectivity index (χ0n) is 15.8. The van der Waals surface area contributed by atoms with Gasteiger partial charge in [0.25, 0.3) is 0 Å². The van der Waals surface area contributed by atoms with Crippen LogP contribution in [0.25, 0.3) is 0 Å². The summed E-state index contributed by atoms with van der Waals surface area (Å²) in [4.78, 5) is 27.1. The van der Waals surface area contributed by atoms with Crippen LogP contribution in [-0.2, 0) is 22.6 Å². The lowest BCUT2D eigenvalue weighted by Crippen LogP contribution is -2.49. The van der Waals surface area contributed by atoms with Crippen LogP contribution in [0.5, 0.6) is 0 Å². The van der Waals surface area contributed by atoms with Crippen LogP contribution >= 0.6 is 23.2 Å². The SMILES string of the molecule is CCNC(=O)[C@@H](CC)N(Cc1ccc(F)cc1)C(=O)Cc1ccc(Cl)cc1Cl. The average molecular weight is 425 g/mol. The number of halogens is 3. The number of nitrogens with one attached hydrogen (secondary N) is 1. The van der Waals surface area contributed by atoms with Crippen LogP contribution in [-0.4, -0.2) is 29.3 Å². The summed E-state index contributed by atoms with van der Waals surface area (Å²) in [6.07, 6.45) is 0.486. The van der Waals surface area contributed by atoms with Crippen molar-refractivity contribution in [2.45, 2.75) is 39.3 Å². The number of nitrogens with zero attached hydrogens (tertiary/aromatic N) is 1. The first-order valence-corrected chi connectivity index (χ1v) is 9.86. The van der Waals surface area contributed by atoms with Crippen molar-refractivity contribution in [1.82, 2.24) is 10.2 Å². The molecule has 0 heterocycles. The van der Waals surface area contributed by atoms with Crippen LogP contribution in [0.2, 0.25) is 10.0 Å². The quantitative estimate of drug-likeness (QED) is 0.671. The van der Waals surface area contributed by atoms with Crippen molar-refractivity contribution in [3.63, 3.8) is 0 Å². The summed E-state index contributed by atoms with van der Waals surface area (Å²) in [6.45, 7) is 4.33. The predicted octanol–water partition coefficient (Wildman–Crippen LogP) is 4.62. The Balaban J connectivity index is 2.30. The van der Waals surface area contributed by atoms with E-state index in [-0.39, 0.29) is 30.6 Å². The van der Waals surface area contributed by atoms with Gasteiger partial charge in [0, 0.05) is 23.1 Å². The van der Waals surface area contributed by atoms with E-state index in [9.17, 15) is 14.0 Å². The van der Waals surface area contributed by atoms with Gasteiger partial charge in [-0.1, -0.05) is 48.3 Å². The molecule has 0 unspecified atom stereocenters. The normalized spacial score (nSPS) is 11.8. The Labute approximate surface area is 174 Å². The molecule has 0 aliphatic heterocycles. The van der Waals surface area contributed by atoms with E-state index in [1.165, 1.54) is 17.0 Å². The highest BCUT2D eigenvalue weighted by molar-refractivity contribution is 6.35. The van der Waals surface area contributed by atoms with Gasteiger partial charge in [0.15, 0.2) is 0 Å². The average Bonchev–Trinajstić information content (AvgIpc) is 2.65. The van der Waals surface area contributed by atoms with Crippen molar-refractivity contribution in [2.24, 2.45) is 0 Å². The maximum absolute atomic E-state index is 13.2. The molecule has 4 nitrogen and oxygen atoms in total. The molecule has 150 valence electrons. The Hall–Kier alpha value is -2.11. The van der Waals surface area contributed by atoms with E-state index >= 15 is 0 Å². The second-order valence-corrected chi connectivity index (χ2v) is 7.22. The molecule has 2 aromatic carbocycles. The molecule has 2 rings (SSSR count). The van der Waals surface area contributed by atoms with Gasteiger partial charge in [-0.15, -0.1) is 0 Å². The minimum absolute atomic E-state index is 0.0348. The van der Waals surface area contributed by atoms with Crippen molar-refractivity contribution in [2.75, 3.05) is 6.54 Å². The van der Waals surface area contributed by atoms with Gasteiger partial charge in [-0.05, 0) is 48.7 Å². The van der Waals surface area contributed by atoms with Gasteiger partial charge in [-0.2, -0.15) is 0 Å². The van der Waals surface area contributed by atoms with Crippen LogP contribution in [0.1, 0.15) is 31.4 Å². The van der Waals surface area contributed by atoms with Gasteiger partial charge >= 0.3 is 0 Å². The van der Waals surface area contributed by atoms with E-state index < -0.39 is 6.04 Å². The first-order valence-electron chi connectivity index (χ1n) is 9.11. The maximum Gasteiger partial charge on any atom is 0.242 e. The van der Waals surface area contributed by atoms with Gasteiger partial charge in [0.2, 0.25) is 11.8 Å². The van der Waals surface area contributed by atoms with Crippen molar-refractivity contribution < 1.29 is 14.0 Å². The molecule has 2 aromatic rings. The molecule has 0 aromatic heterocycles. The summed E-state index contributed by atoms with van der Waals surface area (Å²) in [5.74, 6) is -0.820.